The summed E-state index contributed by atoms with van der Waals surface area (Å²) < 4.78 is 14.9. The van der Waals surface area contributed by atoms with Gasteiger partial charge in [-0.1, -0.05) is 17.7 Å². The van der Waals surface area contributed by atoms with Gasteiger partial charge in [-0.05, 0) is 54.7 Å². The number of carboxylic acid groups (broad SMARTS) is 1. The second kappa shape index (κ2) is 8.78. The van der Waals surface area contributed by atoms with E-state index in [0.29, 0.717) is 39.0 Å². The number of hydrogen-bond acceptors (Lipinski definition) is 5. The number of carbonyl (C=O) groups is 1. The molecule has 0 unspecified atom stereocenters. The number of benzene rings is 2. The molecule has 2 N–H and O–H groups in total. The molecule has 0 saturated carbocycles. The van der Waals surface area contributed by atoms with Crippen molar-refractivity contribution in [3.8, 4) is 22.5 Å². The second-order valence-electron chi connectivity index (χ2n) is 8.24. The van der Waals surface area contributed by atoms with Crippen molar-refractivity contribution in [3.63, 3.8) is 0 Å². The van der Waals surface area contributed by atoms with Gasteiger partial charge in [0.1, 0.15) is 11.6 Å². The van der Waals surface area contributed by atoms with E-state index in [0.717, 1.165) is 31.4 Å². The molecular formula is C24H21ClFN5O2. The van der Waals surface area contributed by atoms with E-state index in [1.165, 1.54) is 6.07 Å². The molecule has 168 valence electrons. The summed E-state index contributed by atoms with van der Waals surface area (Å²) >= 11 is 6.02. The molecule has 0 bridgehead atoms. The van der Waals surface area contributed by atoms with Crippen molar-refractivity contribution < 1.29 is 14.3 Å². The highest BCUT2D eigenvalue weighted by Crippen LogP contribution is 2.29. The average molecular weight is 466 g/mol. The van der Waals surface area contributed by atoms with E-state index in [4.69, 9.17) is 16.7 Å². The Balaban J connectivity index is 1.31. The van der Waals surface area contributed by atoms with E-state index in [2.05, 4.69) is 24.8 Å². The van der Waals surface area contributed by atoms with Crippen molar-refractivity contribution >= 4 is 34.6 Å². The van der Waals surface area contributed by atoms with E-state index in [-0.39, 0.29) is 12.3 Å². The van der Waals surface area contributed by atoms with Crippen LogP contribution in [0, 0.1) is 11.7 Å². The second-order valence-corrected chi connectivity index (χ2v) is 8.68. The van der Waals surface area contributed by atoms with Crippen LogP contribution in [0.1, 0.15) is 19.3 Å². The summed E-state index contributed by atoms with van der Waals surface area (Å²) in [5.74, 6) is 0.0854. The summed E-state index contributed by atoms with van der Waals surface area (Å²) in [5.41, 5.74) is 3.21. The first-order valence-electron chi connectivity index (χ1n) is 10.7. The molecule has 1 saturated heterocycles. The SMILES string of the molecule is O=C(O)CC1CCN(c2ncc(-c3ccc(-c4nc5ccc(Cl)cc5[nH]4)c(F)c3)cn2)CC1. The van der Waals surface area contributed by atoms with Crippen LogP contribution >= 0.6 is 11.6 Å². The fraction of sp³-hybridized carbons (Fsp3) is 0.250. The highest BCUT2D eigenvalue weighted by molar-refractivity contribution is 6.31. The number of aromatic amines is 1. The van der Waals surface area contributed by atoms with Gasteiger partial charge >= 0.3 is 5.97 Å². The largest absolute Gasteiger partial charge is 0.481 e. The van der Waals surface area contributed by atoms with E-state index in [1.807, 2.05) is 6.07 Å². The van der Waals surface area contributed by atoms with Gasteiger partial charge in [-0.15, -0.1) is 0 Å². The number of anilines is 1. The lowest BCUT2D eigenvalue weighted by Crippen LogP contribution is -2.35. The number of fused-ring (bicyclic) bond motifs is 1. The van der Waals surface area contributed by atoms with Gasteiger partial charge in [0, 0.05) is 42.5 Å². The van der Waals surface area contributed by atoms with Crippen molar-refractivity contribution in [1.82, 2.24) is 19.9 Å². The monoisotopic (exact) mass is 465 g/mol. The van der Waals surface area contributed by atoms with Crippen molar-refractivity contribution in [3.05, 3.63) is 59.6 Å². The number of halogens is 2. The number of aliphatic carboxylic acids is 1. The average Bonchev–Trinajstić information content (AvgIpc) is 3.22. The Hall–Kier alpha value is -3.52. The predicted molar refractivity (Wildman–Crippen MR) is 125 cm³/mol. The number of H-pyrrole nitrogens is 1. The topological polar surface area (TPSA) is 95.0 Å². The van der Waals surface area contributed by atoms with Crippen LogP contribution in [0.3, 0.4) is 0 Å². The van der Waals surface area contributed by atoms with Crippen LogP contribution in [0.15, 0.2) is 48.8 Å². The zero-order chi connectivity index (χ0) is 22.9. The molecule has 33 heavy (non-hydrogen) atoms. The molecule has 0 amide bonds. The molecule has 0 radical (unpaired) electrons. The number of imidazole rings is 1. The molecule has 1 fully saturated rings. The van der Waals surface area contributed by atoms with Crippen molar-refractivity contribution in [1.29, 1.82) is 0 Å². The molecular weight excluding hydrogens is 445 g/mol. The number of rotatable bonds is 5. The van der Waals surface area contributed by atoms with Crippen molar-refractivity contribution in [2.45, 2.75) is 19.3 Å². The van der Waals surface area contributed by atoms with Crippen molar-refractivity contribution in [2.24, 2.45) is 5.92 Å². The molecule has 1 aliphatic rings. The smallest absolute Gasteiger partial charge is 0.303 e. The molecule has 1 aliphatic heterocycles. The van der Waals surface area contributed by atoms with Gasteiger partial charge < -0.3 is 15.0 Å². The minimum absolute atomic E-state index is 0.197. The normalized spacial score (nSPS) is 14.7. The number of piperidine rings is 1. The minimum Gasteiger partial charge on any atom is -0.481 e. The summed E-state index contributed by atoms with van der Waals surface area (Å²) in [6.07, 6.45) is 5.18. The summed E-state index contributed by atoms with van der Waals surface area (Å²) in [4.78, 5) is 29.4. The van der Waals surface area contributed by atoms with Crippen LogP contribution in [0.5, 0.6) is 0 Å². The maximum Gasteiger partial charge on any atom is 0.303 e. The maximum absolute atomic E-state index is 14.9. The molecule has 5 rings (SSSR count). The van der Waals surface area contributed by atoms with Gasteiger partial charge in [0.2, 0.25) is 5.95 Å². The Bertz CT molecular complexity index is 1320. The summed E-state index contributed by atoms with van der Waals surface area (Å²) in [6, 6.07) is 10.2. The highest BCUT2D eigenvalue weighted by Gasteiger charge is 2.22. The Kier molecular flexibility index (Phi) is 5.68. The van der Waals surface area contributed by atoms with E-state index in [1.54, 1.807) is 36.7 Å². The number of aromatic nitrogens is 4. The number of carboxylic acids is 1. The van der Waals surface area contributed by atoms with Crippen molar-refractivity contribution in [2.75, 3.05) is 18.0 Å². The highest BCUT2D eigenvalue weighted by atomic mass is 35.5. The van der Waals surface area contributed by atoms with Gasteiger partial charge in [-0.2, -0.15) is 0 Å². The molecule has 0 spiro atoms. The number of nitrogens with zero attached hydrogens (tertiary/aromatic N) is 4. The Morgan fingerprint density at radius 1 is 1.12 bits per heavy atom. The fourth-order valence-electron chi connectivity index (χ4n) is 4.21. The zero-order valence-corrected chi connectivity index (χ0v) is 18.4. The molecule has 0 aliphatic carbocycles. The summed E-state index contributed by atoms with van der Waals surface area (Å²) in [6.45, 7) is 1.45. The van der Waals surface area contributed by atoms with Crippen LogP contribution in [0.2, 0.25) is 5.02 Å². The number of nitrogens with one attached hydrogen (secondary N) is 1. The quantitative estimate of drug-likeness (QED) is 0.422. The van der Waals surface area contributed by atoms with Crippen LogP contribution in [0.4, 0.5) is 10.3 Å². The van der Waals surface area contributed by atoms with Crippen LogP contribution in [-0.2, 0) is 4.79 Å². The Labute approximate surface area is 194 Å². The lowest BCUT2D eigenvalue weighted by Gasteiger charge is -2.31. The summed E-state index contributed by atoms with van der Waals surface area (Å²) in [5, 5.41) is 9.54. The molecule has 0 atom stereocenters. The third kappa shape index (κ3) is 4.52. The Morgan fingerprint density at radius 2 is 1.88 bits per heavy atom. The molecule has 2 aromatic heterocycles. The molecule has 4 aromatic rings. The van der Waals surface area contributed by atoms with Crippen LogP contribution in [0.25, 0.3) is 33.5 Å². The Morgan fingerprint density at radius 3 is 2.58 bits per heavy atom. The van der Waals surface area contributed by atoms with Gasteiger partial charge in [0.25, 0.3) is 0 Å². The van der Waals surface area contributed by atoms with Crippen LogP contribution in [-0.4, -0.2) is 44.1 Å². The lowest BCUT2D eigenvalue weighted by atomic mass is 9.94. The third-order valence-corrected chi connectivity index (χ3v) is 6.24. The first-order chi connectivity index (χ1) is 16.0. The minimum atomic E-state index is -0.753. The fourth-order valence-corrected chi connectivity index (χ4v) is 4.39. The molecule has 2 aromatic carbocycles. The van der Waals surface area contributed by atoms with E-state index < -0.39 is 11.8 Å². The van der Waals surface area contributed by atoms with Gasteiger partial charge in [-0.25, -0.2) is 19.3 Å². The third-order valence-electron chi connectivity index (χ3n) is 6.00. The number of hydrogen-bond donors (Lipinski definition) is 2. The maximum atomic E-state index is 14.9. The first-order valence-corrected chi connectivity index (χ1v) is 11.1. The predicted octanol–water partition coefficient (Wildman–Crippen LogP) is 5.17. The lowest BCUT2D eigenvalue weighted by molar-refractivity contribution is -0.138. The van der Waals surface area contributed by atoms with Gasteiger partial charge in [-0.3, -0.25) is 4.79 Å². The molecule has 9 heteroatoms. The van der Waals surface area contributed by atoms with E-state index in [9.17, 15) is 9.18 Å². The molecule has 3 heterocycles. The van der Waals surface area contributed by atoms with Crippen LogP contribution < -0.4 is 4.90 Å². The van der Waals surface area contributed by atoms with Gasteiger partial charge in [0.05, 0.1) is 16.6 Å². The zero-order valence-electron chi connectivity index (χ0n) is 17.6. The van der Waals surface area contributed by atoms with Gasteiger partial charge in [0.15, 0.2) is 0 Å². The molecule has 7 nitrogen and oxygen atoms in total. The standard InChI is InChI=1S/C24H21ClFN5O2/c25-17-2-4-20-21(11-17)30-23(29-20)18-3-1-15(10-19(18)26)16-12-27-24(28-13-16)31-7-5-14(6-8-31)9-22(32)33/h1-4,10-14H,5-9H2,(H,29,30)(H,32,33). The van der Waals surface area contributed by atoms with E-state index >= 15 is 0 Å². The first kappa shape index (κ1) is 21.3. The summed E-state index contributed by atoms with van der Waals surface area (Å²) in [7, 11) is 0.